The van der Waals surface area contributed by atoms with Crippen LogP contribution in [-0.4, -0.2) is 13.1 Å². The summed E-state index contributed by atoms with van der Waals surface area (Å²) in [5, 5.41) is 3.42. The molecule has 1 aliphatic heterocycles. The van der Waals surface area contributed by atoms with Crippen LogP contribution in [0, 0.1) is 5.92 Å². The Morgan fingerprint density at radius 3 is 3.00 bits per heavy atom. The van der Waals surface area contributed by atoms with Gasteiger partial charge in [-0.25, -0.2) is 0 Å². The first-order valence-electron chi connectivity index (χ1n) is 4.48. The molecule has 1 atom stereocenters. The van der Waals surface area contributed by atoms with E-state index in [4.69, 9.17) is 0 Å². The molecule has 0 unspecified atom stereocenters. The van der Waals surface area contributed by atoms with E-state index in [1.54, 1.807) is 11.1 Å². The molecule has 1 heterocycles. The molecule has 0 amide bonds. The van der Waals surface area contributed by atoms with E-state index in [-0.39, 0.29) is 0 Å². The summed E-state index contributed by atoms with van der Waals surface area (Å²) in [6.45, 7) is 4.55. The van der Waals surface area contributed by atoms with Gasteiger partial charge in [-0.1, -0.05) is 19.1 Å². The Labute approximate surface area is 68.2 Å². The number of allylic oxidation sites excluding steroid dienone is 2. The predicted octanol–water partition coefficient (Wildman–Crippen LogP) is 1.87. The Kier molecular flexibility index (Phi) is 1.82. The van der Waals surface area contributed by atoms with Gasteiger partial charge < -0.3 is 5.32 Å². The summed E-state index contributed by atoms with van der Waals surface area (Å²) >= 11 is 0. The molecule has 1 heteroatoms. The summed E-state index contributed by atoms with van der Waals surface area (Å²) in [6.07, 6.45) is 7.30. The number of hydrogen-bond donors (Lipinski definition) is 1. The fourth-order valence-electron chi connectivity index (χ4n) is 1.97. The van der Waals surface area contributed by atoms with Crippen LogP contribution in [-0.2, 0) is 0 Å². The minimum atomic E-state index is 0.732. The molecule has 0 saturated carbocycles. The molecular formula is C10H15N. The molecule has 0 radical (unpaired) electrons. The fourth-order valence-corrected chi connectivity index (χ4v) is 1.97. The Balaban J connectivity index is 2.24. The highest BCUT2D eigenvalue weighted by molar-refractivity contribution is 5.38. The monoisotopic (exact) mass is 149 g/mol. The van der Waals surface area contributed by atoms with Gasteiger partial charge in [-0.2, -0.15) is 0 Å². The van der Waals surface area contributed by atoms with Crippen molar-refractivity contribution in [2.45, 2.75) is 19.8 Å². The van der Waals surface area contributed by atoms with Crippen molar-refractivity contribution in [2.24, 2.45) is 5.92 Å². The molecule has 2 aliphatic rings. The Morgan fingerprint density at radius 1 is 1.36 bits per heavy atom. The van der Waals surface area contributed by atoms with E-state index < -0.39 is 0 Å². The van der Waals surface area contributed by atoms with Crippen LogP contribution in [0.3, 0.4) is 0 Å². The van der Waals surface area contributed by atoms with Crippen molar-refractivity contribution in [1.29, 1.82) is 0 Å². The van der Waals surface area contributed by atoms with Crippen LogP contribution in [0.2, 0.25) is 0 Å². The first-order chi connectivity index (χ1) is 5.38. The third kappa shape index (κ3) is 1.25. The second kappa shape index (κ2) is 2.82. The third-order valence-corrected chi connectivity index (χ3v) is 2.59. The van der Waals surface area contributed by atoms with Gasteiger partial charge in [0.25, 0.3) is 0 Å². The quantitative estimate of drug-likeness (QED) is 0.554. The lowest BCUT2D eigenvalue weighted by Crippen LogP contribution is -2.32. The van der Waals surface area contributed by atoms with E-state index in [2.05, 4.69) is 24.4 Å². The summed E-state index contributed by atoms with van der Waals surface area (Å²) in [5.41, 5.74) is 3.16. The molecule has 0 aromatic rings. The molecule has 1 saturated heterocycles. The van der Waals surface area contributed by atoms with Gasteiger partial charge in [0, 0.05) is 13.1 Å². The maximum atomic E-state index is 3.42. The van der Waals surface area contributed by atoms with Gasteiger partial charge in [-0.15, -0.1) is 0 Å². The lowest BCUT2D eigenvalue weighted by Gasteiger charge is -2.28. The van der Waals surface area contributed by atoms with E-state index in [0.717, 1.165) is 19.0 Å². The maximum absolute atomic E-state index is 3.42. The van der Waals surface area contributed by atoms with E-state index in [9.17, 15) is 0 Å². The van der Waals surface area contributed by atoms with Crippen molar-refractivity contribution in [3.05, 3.63) is 23.3 Å². The minimum Gasteiger partial charge on any atom is -0.312 e. The molecule has 1 aliphatic carbocycles. The van der Waals surface area contributed by atoms with Crippen LogP contribution in [0.1, 0.15) is 19.8 Å². The SMILES string of the molecule is C[C@H]1CNCC2=CCCC=C21. The lowest BCUT2D eigenvalue weighted by atomic mass is 9.86. The first kappa shape index (κ1) is 7.11. The largest absolute Gasteiger partial charge is 0.312 e. The fraction of sp³-hybridized carbons (Fsp3) is 0.600. The van der Waals surface area contributed by atoms with Crippen LogP contribution < -0.4 is 5.32 Å². The molecule has 1 nitrogen and oxygen atoms in total. The average Bonchev–Trinajstić information content (AvgIpc) is 2.06. The normalized spacial score (nSPS) is 30.5. The predicted molar refractivity (Wildman–Crippen MR) is 47.4 cm³/mol. The summed E-state index contributed by atoms with van der Waals surface area (Å²) in [5.74, 6) is 0.732. The van der Waals surface area contributed by atoms with Crippen molar-refractivity contribution >= 4 is 0 Å². The molecule has 11 heavy (non-hydrogen) atoms. The second-order valence-corrected chi connectivity index (χ2v) is 3.50. The molecule has 0 spiro atoms. The zero-order chi connectivity index (χ0) is 7.68. The van der Waals surface area contributed by atoms with E-state index >= 15 is 0 Å². The van der Waals surface area contributed by atoms with Gasteiger partial charge in [0.05, 0.1) is 0 Å². The molecule has 2 rings (SSSR count). The van der Waals surface area contributed by atoms with Gasteiger partial charge in [0.1, 0.15) is 0 Å². The molecular weight excluding hydrogens is 134 g/mol. The summed E-state index contributed by atoms with van der Waals surface area (Å²) in [6, 6.07) is 0. The van der Waals surface area contributed by atoms with Crippen LogP contribution >= 0.6 is 0 Å². The van der Waals surface area contributed by atoms with Gasteiger partial charge in [-0.3, -0.25) is 0 Å². The molecule has 60 valence electrons. The standard InChI is InChI=1S/C10H15N/c1-8-6-11-7-9-4-2-3-5-10(8)9/h4-5,8,11H,2-3,6-7H2,1H3/t8-/m0/s1. The van der Waals surface area contributed by atoms with Gasteiger partial charge in [0.2, 0.25) is 0 Å². The molecule has 0 aromatic carbocycles. The Hall–Kier alpha value is -0.560. The smallest absolute Gasteiger partial charge is 0.0205 e. The number of hydrogen-bond acceptors (Lipinski definition) is 1. The van der Waals surface area contributed by atoms with E-state index in [0.29, 0.717) is 0 Å². The summed E-state index contributed by atoms with van der Waals surface area (Å²) in [7, 11) is 0. The van der Waals surface area contributed by atoms with Crippen LogP contribution in [0.5, 0.6) is 0 Å². The van der Waals surface area contributed by atoms with Crippen molar-refractivity contribution in [3.63, 3.8) is 0 Å². The number of rotatable bonds is 0. The van der Waals surface area contributed by atoms with E-state index in [1.807, 2.05) is 0 Å². The highest BCUT2D eigenvalue weighted by Crippen LogP contribution is 2.27. The molecule has 0 bridgehead atoms. The topological polar surface area (TPSA) is 12.0 Å². The highest BCUT2D eigenvalue weighted by Gasteiger charge is 2.19. The van der Waals surface area contributed by atoms with Crippen molar-refractivity contribution < 1.29 is 0 Å². The minimum absolute atomic E-state index is 0.732. The van der Waals surface area contributed by atoms with Crippen molar-refractivity contribution in [3.8, 4) is 0 Å². The maximum Gasteiger partial charge on any atom is 0.0205 e. The van der Waals surface area contributed by atoms with Crippen LogP contribution in [0.4, 0.5) is 0 Å². The van der Waals surface area contributed by atoms with E-state index in [1.165, 1.54) is 12.8 Å². The van der Waals surface area contributed by atoms with Crippen molar-refractivity contribution in [2.75, 3.05) is 13.1 Å². The summed E-state index contributed by atoms with van der Waals surface area (Å²) < 4.78 is 0. The number of nitrogens with one attached hydrogen (secondary N) is 1. The van der Waals surface area contributed by atoms with Gasteiger partial charge in [0.15, 0.2) is 0 Å². The average molecular weight is 149 g/mol. The highest BCUT2D eigenvalue weighted by atomic mass is 14.9. The van der Waals surface area contributed by atoms with Gasteiger partial charge >= 0.3 is 0 Å². The van der Waals surface area contributed by atoms with Crippen LogP contribution in [0.15, 0.2) is 23.3 Å². The summed E-state index contributed by atoms with van der Waals surface area (Å²) in [4.78, 5) is 0. The number of fused-ring (bicyclic) bond motifs is 1. The zero-order valence-corrected chi connectivity index (χ0v) is 7.06. The van der Waals surface area contributed by atoms with Crippen molar-refractivity contribution in [1.82, 2.24) is 5.32 Å². The number of piperidine rings is 1. The second-order valence-electron chi connectivity index (χ2n) is 3.50. The van der Waals surface area contributed by atoms with Gasteiger partial charge in [-0.05, 0) is 29.9 Å². The Bertz CT molecular complexity index is 213. The van der Waals surface area contributed by atoms with Crippen LogP contribution in [0.25, 0.3) is 0 Å². The molecule has 0 aromatic heterocycles. The first-order valence-corrected chi connectivity index (χ1v) is 4.48. The lowest BCUT2D eigenvalue weighted by molar-refractivity contribution is 0.548. The Morgan fingerprint density at radius 2 is 2.18 bits per heavy atom. The molecule has 1 N–H and O–H groups in total. The zero-order valence-electron chi connectivity index (χ0n) is 7.06. The third-order valence-electron chi connectivity index (χ3n) is 2.59. The molecule has 1 fully saturated rings.